The summed E-state index contributed by atoms with van der Waals surface area (Å²) in [5, 5.41) is 2.47. The van der Waals surface area contributed by atoms with Crippen LogP contribution in [-0.2, 0) is 6.42 Å². The number of hydrogen-bond acceptors (Lipinski definition) is 0. The minimum absolute atomic E-state index is 0.874. The second-order valence-electron chi connectivity index (χ2n) is 5.23. The van der Waals surface area contributed by atoms with Crippen molar-refractivity contribution in [3.63, 3.8) is 0 Å². The lowest BCUT2D eigenvalue weighted by atomic mass is 10.2. The molecule has 0 aliphatic rings. The van der Waals surface area contributed by atoms with Gasteiger partial charge in [-0.15, -0.1) is 0 Å². The van der Waals surface area contributed by atoms with Crippen LogP contribution in [0.3, 0.4) is 0 Å². The van der Waals surface area contributed by atoms with Crippen LogP contribution in [0.5, 0.6) is 0 Å². The van der Waals surface area contributed by atoms with Crippen molar-refractivity contribution in [2.24, 2.45) is 0 Å². The fourth-order valence-corrected chi connectivity index (χ4v) is 3.48. The third kappa shape index (κ3) is 2.54. The maximum atomic E-state index is 3.51. The summed E-state index contributed by atoms with van der Waals surface area (Å²) in [5.74, 6) is 0. The van der Waals surface area contributed by atoms with Crippen LogP contribution in [0.2, 0.25) is 0 Å². The van der Waals surface area contributed by atoms with Gasteiger partial charge in [0.25, 0.3) is 0 Å². The number of nitrogens with one attached hydrogen (secondary N) is 2. The molecule has 2 aromatic carbocycles. The molecule has 0 saturated heterocycles. The van der Waals surface area contributed by atoms with Crippen LogP contribution in [0.4, 0.5) is 0 Å². The van der Waals surface area contributed by atoms with E-state index >= 15 is 0 Å². The third-order valence-electron chi connectivity index (χ3n) is 3.66. The predicted octanol–water partition coefficient (Wildman–Crippen LogP) is 5.77. The zero-order chi connectivity index (χ0) is 14.4. The van der Waals surface area contributed by atoms with Crippen LogP contribution in [0.25, 0.3) is 21.8 Å². The first-order chi connectivity index (χ1) is 10.2. The molecule has 0 bridgehead atoms. The lowest BCUT2D eigenvalue weighted by molar-refractivity contribution is 1.07. The third-order valence-corrected chi connectivity index (χ3v) is 4.64. The Labute approximate surface area is 138 Å². The van der Waals surface area contributed by atoms with Gasteiger partial charge in [-0.05, 0) is 48.5 Å². The van der Waals surface area contributed by atoms with Crippen LogP contribution >= 0.6 is 31.9 Å². The highest BCUT2D eigenvalue weighted by Crippen LogP contribution is 2.24. The van der Waals surface area contributed by atoms with E-state index < -0.39 is 0 Å². The molecule has 0 aliphatic heterocycles. The monoisotopic (exact) mass is 402 g/mol. The lowest BCUT2D eigenvalue weighted by Crippen LogP contribution is -1.87. The highest BCUT2D eigenvalue weighted by Gasteiger charge is 2.06. The van der Waals surface area contributed by atoms with Crippen LogP contribution in [0.1, 0.15) is 11.4 Å². The Morgan fingerprint density at radius 2 is 1.14 bits per heavy atom. The van der Waals surface area contributed by atoms with Crippen molar-refractivity contribution in [2.75, 3.05) is 0 Å². The number of fused-ring (bicyclic) bond motifs is 2. The topological polar surface area (TPSA) is 31.6 Å². The summed E-state index contributed by atoms with van der Waals surface area (Å²) < 4.78 is 2.21. The maximum absolute atomic E-state index is 3.51. The molecule has 21 heavy (non-hydrogen) atoms. The first kappa shape index (κ1) is 13.2. The van der Waals surface area contributed by atoms with E-state index in [2.05, 4.69) is 90.4 Å². The highest BCUT2D eigenvalue weighted by atomic mass is 79.9. The zero-order valence-electron chi connectivity index (χ0n) is 11.1. The van der Waals surface area contributed by atoms with E-state index in [1.165, 1.54) is 33.2 Å². The van der Waals surface area contributed by atoms with Gasteiger partial charge >= 0.3 is 0 Å². The summed E-state index contributed by atoms with van der Waals surface area (Å²) >= 11 is 7.03. The van der Waals surface area contributed by atoms with E-state index in [4.69, 9.17) is 0 Å². The number of aromatic amines is 2. The molecule has 0 saturated carbocycles. The zero-order valence-corrected chi connectivity index (χ0v) is 14.3. The van der Waals surface area contributed by atoms with Gasteiger partial charge in [-0.3, -0.25) is 0 Å². The molecule has 104 valence electrons. The molecule has 2 N–H and O–H groups in total. The Bertz CT molecular complexity index is 872. The molecule has 0 amide bonds. The van der Waals surface area contributed by atoms with Gasteiger partial charge in [-0.25, -0.2) is 0 Å². The molecular formula is C17H12Br2N2. The van der Waals surface area contributed by atoms with E-state index in [-0.39, 0.29) is 0 Å². The molecule has 4 rings (SSSR count). The van der Waals surface area contributed by atoms with Crippen molar-refractivity contribution >= 4 is 53.7 Å². The molecular weight excluding hydrogens is 392 g/mol. The smallest absolute Gasteiger partial charge is 0.0456 e. The van der Waals surface area contributed by atoms with Gasteiger partial charge in [-0.1, -0.05) is 31.9 Å². The standard InChI is InChI=1S/C17H12Br2N2/c18-12-1-3-16-10(5-12)7-14(20-16)9-15-8-11-6-13(19)2-4-17(11)21-15/h1-8,20-21H,9H2. The predicted molar refractivity (Wildman–Crippen MR) is 94.8 cm³/mol. The molecule has 2 nitrogen and oxygen atoms in total. The molecule has 2 aromatic heterocycles. The van der Waals surface area contributed by atoms with E-state index in [9.17, 15) is 0 Å². The summed E-state index contributed by atoms with van der Waals surface area (Å²) in [6.07, 6.45) is 0.874. The van der Waals surface area contributed by atoms with Crippen molar-refractivity contribution in [3.05, 3.63) is 68.9 Å². The van der Waals surface area contributed by atoms with Crippen LogP contribution in [-0.4, -0.2) is 9.97 Å². The first-order valence-corrected chi connectivity index (χ1v) is 8.30. The summed E-state index contributed by atoms with van der Waals surface area (Å²) in [7, 11) is 0. The summed E-state index contributed by atoms with van der Waals surface area (Å²) in [4.78, 5) is 6.95. The first-order valence-electron chi connectivity index (χ1n) is 6.72. The largest absolute Gasteiger partial charge is 0.358 e. The molecule has 4 aromatic rings. The molecule has 2 heterocycles. The quantitative estimate of drug-likeness (QED) is 0.426. The second-order valence-corrected chi connectivity index (χ2v) is 7.06. The van der Waals surface area contributed by atoms with E-state index in [0.717, 1.165) is 15.4 Å². The van der Waals surface area contributed by atoms with Crippen LogP contribution in [0, 0.1) is 0 Å². The molecule has 0 spiro atoms. The molecule has 0 fully saturated rings. The Hall–Kier alpha value is -1.52. The fraction of sp³-hybridized carbons (Fsp3) is 0.0588. The molecule has 0 aliphatic carbocycles. The summed E-state index contributed by atoms with van der Waals surface area (Å²) in [5.41, 5.74) is 4.78. The molecule has 0 unspecified atom stereocenters. The Morgan fingerprint density at radius 1 is 0.667 bits per heavy atom. The van der Waals surface area contributed by atoms with Crippen molar-refractivity contribution < 1.29 is 0 Å². The summed E-state index contributed by atoms with van der Waals surface area (Å²) in [6.45, 7) is 0. The SMILES string of the molecule is Brc1ccc2[nH]c(Cc3cc4cc(Br)ccc4[nH]3)cc2c1. The van der Waals surface area contributed by atoms with Gasteiger partial charge in [0.05, 0.1) is 0 Å². The molecule has 0 radical (unpaired) electrons. The van der Waals surface area contributed by atoms with E-state index in [1.807, 2.05) is 0 Å². The van der Waals surface area contributed by atoms with Gasteiger partial charge in [-0.2, -0.15) is 0 Å². The highest BCUT2D eigenvalue weighted by molar-refractivity contribution is 9.10. The van der Waals surface area contributed by atoms with E-state index in [0.29, 0.717) is 0 Å². The summed E-state index contributed by atoms with van der Waals surface area (Å²) in [6, 6.07) is 17.0. The second kappa shape index (κ2) is 5.04. The average Bonchev–Trinajstić information content (AvgIpc) is 3.00. The normalized spacial score (nSPS) is 11.5. The van der Waals surface area contributed by atoms with E-state index in [1.54, 1.807) is 0 Å². The number of H-pyrrole nitrogens is 2. The number of aromatic nitrogens is 2. The maximum Gasteiger partial charge on any atom is 0.0456 e. The molecule has 4 heteroatoms. The van der Waals surface area contributed by atoms with Gasteiger partial charge in [0.1, 0.15) is 0 Å². The lowest BCUT2D eigenvalue weighted by Gasteiger charge is -1.93. The average molecular weight is 404 g/mol. The van der Waals surface area contributed by atoms with Gasteiger partial charge < -0.3 is 9.97 Å². The minimum Gasteiger partial charge on any atom is -0.358 e. The Morgan fingerprint density at radius 3 is 1.62 bits per heavy atom. The molecule has 0 atom stereocenters. The number of benzene rings is 2. The van der Waals surface area contributed by atoms with Gasteiger partial charge in [0.15, 0.2) is 0 Å². The fourth-order valence-electron chi connectivity index (χ4n) is 2.72. The van der Waals surface area contributed by atoms with Crippen molar-refractivity contribution in [1.82, 2.24) is 9.97 Å². The van der Waals surface area contributed by atoms with Gasteiger partial charge in [0, 0.05) is 48.6 Å². The minimum atomic E-state index is 0.874. The van der Waals surface area contributed by atoms with Crippen LogP contribution in [0.15, 0.2) is 57.5 Å². The van der Waals surface area contributed by atoms with Crippen LogP contribution < -0.4 is 0 Å². The Kier molecular flexibility index (Phi) is 3.16. The number of rotatable bonds is 2. The number of halogens is 2. The van der Waals surface area contributed by atoms with Gasteiger partial charge in [0.2, 0.25) is 0 Å². The van der Waals surface area contributed by atoms with Crippen molar-refractivity contribution in [2.45, 2.75) is 6.42 Å². The Balaban J connectivity index is 1.71. The van der Waals surface area contributed by atoms with Crippen molar-refractivity contribution in [3.8, 4) is 0 Å². The van der Waals surface area contributed by atoms with Crippen molar-refractivity contribution in [1.29, 1.82) is 0 Å². The number of hydrogen-bond donors (Lipinski definition) is 2.